The quantitative estimate of drug-likeness (QED) is 0.526. The fraction of sp³-hybridized carbons (Fsp3) is 0.364. The van der Waals surface area contributed by atoms with Crippen molar-refractivity contribution in [3.8, 4) is 0 Å². The fourth-order valence-corrected chi connectivity index (χ4v) is 1.09. The van der Waals surface area contributed by atoms with Crippen LogP contribution in [0.25, 0.3) is 0 Å². The van der Waals surface area contributed by atoms with Gasteiger partial charge in [0.25, 0.3) is 0 Å². The van der Waals surface area contributed by atoms with Crippen LogP contribution in [0.4, 0.5) is 11.4 Å². The zero-order valence-corrected chi connectivity index (χ0v) is 9.50. The molecule has 0 saturated heterocycles. The van der Waals surface area contributed by atoms with Gasteiger partial charge in [-0.2, -0.15) is 0 Å². The molecule has 15 heavy (non-hydrogen) atoms. The Labute approximate surface area is 91.0 Å². The Bertz CT molecular complexity index is 300. The van der Waals surface area contributed by atoms with Crippen LogP contribution >= 0.6 is 0 Å². The summed E-state index contributed by atoms with van der Waals surface area (Å²) in [5.74, 6) is 0. The lowest BCUT2D eigenvalue weighted by Gasteiger charge is -2.08. The Morgan fingerprint density at radius 3 is 2.53 bits per heavy atom. The van der Waals surface area contributed by atoms with E-state index < -0.39 is 0 Å². The number of hydrogen-bond acceptors (Lipinski definition) is 4. The van der Waals surface area contributed by atoms with Crippen LogP contribution in [-0.4, -0.2) is 27.0 Å². The van der Waals surface area contributed by atoms with E-state index in [0.29, 0.717) is 5.69 Å². The Morgan fingerprint density at radius 1 is 1.47 bits per heavy atom. The second kappa shape index (κ2) is 7.82. The molecule has 1 aromatic rings. The van der Waals surface area contributed by atoms with Crippen molar-refractivity contribution < 1.29 is 4.74 Å². The summed E-state index contributed by atoms with van der Waals surface area (Å²) in [5, 5.41) is 10.3. The van der Waals surface area contributed by atoms with Crippen molar-refractivity contribution in [3.63, 3.8) is 0 Å². The average Bonchev–Trinajstić information content (AvgIpc) is 2.20. The van der Waals surface area contributed by atoms with Crippen molar-refractivity contribution in [2.45, 2.75) is 6.92 Å². The van der Waals surface area contributed by atoms with Crippen molar-refractivity contribution in [2.24, 2.45) is 0 Å². The van der Waals surface area contributed by atoms with Crippen molar-refractivity contribution in [1.29, 1.82) is 5.41 Å². The number of methoxy groups -OCH3 is 1. The lowest BCUT2D eigenvalue weighted by atomic mass is 10.1. The molecule has 84 valence electrons. The van der Waals surface area contributed by atoms with Gasteiger partial charge < -0.3 is 21.2 Å². The molecule has 0 aliphatic heterocycles. The summed E-state index contributed by atoms with van der Waals surface area (Å²) in [6.07, 6.45) is 1.27. The highest BCUT2D eigenvalue weighted by atomic mass is 16.4. The molecule has 0 atom stereocenters. The van der Waals surface area contributed by atoms with Crippen LogP contribution in [0.5, 0.6) is 0 Å². The van der Waals surface area contributed by atoms with Crippen LogP contribution in [0.1, 0.15) is 12.5 Å². The predicted molar refractivity (Wildman–Crippen MR) is 65.8 cm³/mol. The molecular formula is C11H19N3O. The van der Waals surface area contributed by atoms with Crippen LogP contribution < -0.4 is 11.1 Å². The van der Waals surface area contributed by atoms with Crippen molar-refractivity contribution in [3.05, 3.63) is 23.8 Å². The van der Waals surface area contributed by atoms with E-state index in [1.807, 2.05) is 19.1 Å². The van der Waals surface area contributed by atoms with Gasteiger partial charge in [0.15, 0.2) is 0 Å². The maximum atomic E-state index is 7.16. The molecule has 0 saturated carbocycles. The van der Waals surface area contributed by atoms with E-state index in [9.17, 15) is 0 Å². The van der Waals surface area contributed by atoms with Gasteiger partial charge in [0.05, 0.1) is 0 Å². The van der Waals surface area contributed by atoms with E-state index >= 15 is 0 Å². The summed E-state index contributed by atoms with van der Waals surface area (Å²) < 4.78 is 4.25. The minimum atomic E-state index is 0.642. The van der Waals surface area contributed by atoms with Crippen molar-refractivity contribution >= 4 is 17.6 Å². The van der Waals surface area contributed by atoms with E-state index in [2.05, 4.69) is 10.1 Å². The van der Waals surface area contributed by atoms with E-state index in [4.69, 9.17) is 11.1 Å². The smallest absolute Gasteiger partial charge is 0.0450 e. The standard InChI is InChI=1S/C9H13N3.C2H6O/c1-2-12-9-5-3-4-8(11)7(9)6-10;1-3-2/h3-6,10,12H,2,11H2,1H3;1-2H3. The first kappa shape index (κ1) is 13.4. The van der Waals surface area contributed by atoms with Gasteiger partial charge >= 0.3 is 0 Å². The lowest BCUT2D eigenvalue weighted by molar-refractivity contribution is 0.277. The highest BCUT2D eigenvalue weighted by Gasteiger charge is 2.00. The molecule has 0 aliphatic rings. The number of nitrogen functional groups attached to an aromatic ring is 1. The summed E-state index contributed by atoms with van der Waals surface area (Å²) in [7, 11) is 3.25. The van der Waals surface area contributed by atoms with Gasteiger partial charge in [-0.25, -0.2) is 0 Å². The molecule has 0 amide bonds. The van der Waals surface area contributed by atoms with Gasteiger partial charge in [0, 0.05) is 43.9 Å². The van der Waals surface area contributed by atoms with Gasteiger partial charge in [-0.3, -0.25) is 0 Å². The summed E-state index contributed by atoms with van der Waals surface area (Å²) in [6.45, 7) is 2.85. The molecule has 0 bridgehead atoms. The molecule has 0 heterocycles. The molecule has 1 rings (SSSR count). The normalized spacial score (nSPS) is 8.73. The van der Waals surface area contributed by atoms with E-state index in [-0.39, 0.29) is 0 Å². The summed E-state index contributed by atoms with van der Waals surface area (Å²) in [4.78, 5) is 0. The second-order valence-corrected chi connectivity index (χ2v) is 2.89. The van der Waals surface area contributed by atoms with Gasteiger partial charge in [-0.1, -0.05) is 6.07 Å². The van der Waals surface area contributed by atoms with Crippen molar-refractivity contribution in [2.75, 3.05) is 31.8 Å². The highest BCUT2D eigenvalue weighted by Crippen LogP contribution is 2.19. The predicted octanol–water partition coefficient (Wildman–Crippen LogP) is 1.96. The molecule has 4 N–H and O–H groups in total. The number of ether oxygens (including phenoxy) is 1. The Morgan fingerprint density at radius 2 is 2.07 bits per heavy atom. The molecule has 0 aliphatic carbocycles. The second-order valence-electron chi connectivity index (χ2n) is 2.89. The summed E-state index contributed by atoms with van der Waals surface area (Å²) >= 11 is 0. The summed E-state index contributed by atoms with van der Waals surface area (Å²) in [5.41, 5.74) is 8.00. The number of nitrogens with one attached hydrogen (secondary N) is 2. The van der Waals surface area contributed by atoms with Crippen molar-refractivity contribution in [1.82, 2.24) is 0 Å². The van der Waals surface area contributed by atoms with Crippen LogP contribution in [0.2, 0.25) is 0 Å². The largest absolute Gasteiger partial charge is 0.398 e. The SMILES string of the molecule is CCNc1cccc(N)c1C=N.COC. The minimum Gasteiger partial charge on any atom is -0.398 e. The monoisotopic (exact) mass is 209 g/mol. The Hall–Kier alpha value is -1.55. The number of rotatable bonds is 3. The van der Waals surface area contributed by atoms with Crippen LogP contribution in [0, 0.1) is 5.41 Å². The Kier molecular flexibility index (Phi) is 7.01. The Balaban J connectivity index is 0.000000583. The molecule has 1 aromatic carbocycles. The third-order valence-corrected chi connectivity index (χ3v) is 1.65. The number of anilines is 2. The van der Waals surface area contributed by atoms with Gasteiger partial charge in [-0.05, 0) is 19.1 Å². The lowest BCUT2D eigenvalue weighted by Crippen LogP contribution is -2.02. The van der Waals surface area contributed by atoms with Crippen LogP contribution in [0.3, 0.4) is 0 Å². The first-order valence-electron chi connectivity index (χ1n) is 4.74. The first-order chi connectivity index (χ1) is 7.21. The molecule has 0 radical (unpaired) electrons. The number of benzene rings is 1. The zero-order valence-electron chi connectivity index (χ0n) is 9.50. The zero-order chi connectivity index (χ0) is 11.7. The maximum Gasteiger partial charge on any atom is 0.0450 e. The average molecular weight is 209 g/mol. The topological polar surface area (TPSA) is 71.1 Å². The van der Waals surface area contributed by atoms with Crippen LogP contribution in [-0.2, 0) is 4.74 Å². The third-order valence-electron chi connectivity index (χ3n) is 1.65. The maximum absolute atomic E-state index is 7.16. The van der Waals surface area contributed by atoms with E-state index in [1.54, 1.807) is 20.3 Å². The fourth-order valence-electron chi connectivity index (χ4n) is 1.09. The van der Waals surface area contributed by atoms with Gasteiger partial charge in [0.2, 0.25) is 0 Å². The van der Waals surface area contributed by atoms with Gasteiger partial charge in [-0.15, -0.1) is 0 Å². The first-order valence-corrected chi connectivity index (χ1v) is 4.74. The summed E-state index contributed by atoms with van der Waals surface area (Å²) in [6, 6.07) is 5.59. The van der Waals surface area contributed by atoms with Crippen LogP contribution in [0.15, 0.2) is 18.2 Å². The highest BCUT2D eigenvalue weighted by molar-refractivity contribution is 5.92. The number of hydrogen-bond donors (Lipinski definition) is 3. The van der Waals surface area contributed by atoms with E-state index in [1.165, 1.54) is 6.21 Å². The number of nitrogens with two attached hydrogens (primary N) is 1. The van der Waals surface area contributed by atoms with Gasteiger partial charge in [0.1, 0.15) is 0 Å². The third kappa shape index (κ3) is 4.46. The molecular weight excluding hydrogens is 190 g/mol. The molecule has 0 aromatic heterocycles. The van der Waals surface area contributed by atoms with E-state index in [0.717, 1.165) is 17.8 Å². The minimum absolute atomic E-state index is 0.642. The molecule has 0 fully saturated rings. The molecule has 4 heteroatoms. The molecule has 4 nitrogen and oxygen atoms in total. The molecule has 0 unspecified atom stereocenters. The molecule has 0 spiro atoms.